The molecule has 1 saturated heterocycles. The second kappa shape index (κ2) is 7.00. The molecule has 0 saturated carbocycles. The Kier molecular flexibility index (Phi) is 4.78. The number of anilines is 2. The van der Waals surface area contributed by atoms with Gasteiger partial charge in [0.2, 0.25) is 5.82 Å². The van der Waals surface area contributed by atoms with Gasteiger partial charge in [-0.15, -0.1) is 0 Å². The molecule has 1 aromatic carbocycles. The number of methoxy groups -OCH3 is 1. The quantitative estimate of drug-likeness (QED) is 0.611. The molecule has 3 rings (SSSR count). The van der Waals surface area contributed by atoms with Gasteiger partial charge in [-0.25, -0.2) is 4.68 Å². The van der Waals surface area contributed by atoms with Crippen molar-refractivity contribution in [2.24, 2.45) is 7.05 Å². The lowest BCUT2D eigenvalue weighted by molar-refractivity contribution is -0.384. The number of aryl methyl sites for hydroxylation is 2. The summed E-state index contributed by atoms with van der Waals surface area (Å²) in [6, 6.07) is 7.92. The topological polar surface area (TPSA) is 76.7 Å². The predicted molar refractivity (Wildman–Crippen MR) is 96.7 cm³/mol. The molecule has 1 fully saturated rings. The van der Waals surface area contributed by atoms with Gasteiger partial charge < -0.3 is 14.5 Å². The SMILES string of the molecule is CCc1nn(C)c(N2CCN(c3ccccc3OC)CC2)c1[N+](=O)[O-]. The summed E-state index contributed by atoms with van der Waals surface area (Å²) in [5, 5.41) is 15.9. The number of hydrogen-bond acceptors (Lipinski definition) is 6. The van der Waals surface area contributed by atoms with Gasteiger partial charge in [-0.05, 0) is 18.6 Å². The number of piperazine rings is 1. The fourth-order valence-corrected chi connectivity index (χ4v) is 3.39. The lowest BCUT2D eigenvalue weighted by Crippen LogP contribution is -2.47. The first-order valence-electron chi connectivity index (χ1n) is 8.40. The second-order valence-electron chi connectivity index (χ2n) is 6.00. The molecule has 1 aromatic heterocycles. The monoisotopic (exact) mass is 345 g/mol. The fourth-order valence-electron chi connectivity index (χ4n) is 3.39. The molecule has 0 radical (unpaired) electrons. The van der Waals surface area contributed by atoms with E-state index in [1.807, 2.05) is 31.2 Å². The molecule has 25 heavy (non-hydrogen) atoms. The van der Waals surface area contributed by atoms with Crippen LogP contribution in [0.4, 0.5) is 17.2 Å². The van der Waals surface area contributed by atoms with Crippen LogP contribution < -0.4 is 14.5 Å². The number of benzene rings is 1. The van der Waals surface area contributed by atoms with Crippen molar-refractivity contribution >= 4 is 17.2 Å². The highest BCUT2D eigenvalue weighted by molar-refractivity contribution is 5.64. The van der Waals surface area contributed by atoms with E-state index >= 15 is 0 Å². The van der Waals surface area contributed by atoms with Crippen LogP contribution >= 0.6 is 0 Å². The molecule has 134 valence electrons. The van der Waals surface area contributed by atoms with E-state index in [2.05, 4.69) is 14.9 Å². The summed E-state index contributed by atoms with van der Waals surface area (Å²) in [6.07, 6.45) is 0.547. The van der Waals surface area contributed by atoms with Gasteiger partial charge >= 0.3 is 5.69 Å². The maximum absolute atomic E-state index is 11.5. The number of nitro groups is 1. The summed E-state index contributed by atoms with van der Waals surface area (Å²) < 4.78 is 7.07. The zero-order valence-electron chi connectivity index (χ0n) is 14.8. The molecular formula is C17H23N5O3. The molecule has 8 heteroatoms. The molecule has 8 nitrogen and oxygen atoms in total. The highest BCUT2D eigenvalue weighted by atomic mass is 16.6. The van der Waals surface area contributed by atoms with Gasteiger partial charge in [-0.3, -0.25) is 10.1 Å². The minimum Gasteiger partial charge on any atom is -0.495 e. The van der Waals surface area contributed by atoms with Crippen LogP contribution in [-0.2, 0) is 13.5 Å². The van der Waals surface area contributed by atoms with E-state index in [1.165, 1.54) is 0 Å². The molecule has 0 atom stereocenters. The van der Waals surface area contributed by atoms with E-state index in [9.17, 15) is 10.1 Å². The van der Waals surface area contributed by atoms with E-state index < -0.39 is 0 Å². The van der Waals surface area contributed by atoms with Gasteiger partial charge in [-0.2, -0.15) is 5.10 Å². The van der Waals surface area contributed by atoms with Crippen molar-refractivity contribution in [3.05, 3.63) is 40.1 Å². The number of aromatic nitrogens is 2. The van der Waals surface area contributed by atoms with Gasteiger partial charge in [0.1, 0.15) is 11.4 Å². The Morgan fingerprint density at radius 3 is 2.44 bits per heavy atom. The predicted octanol–water partition coefficient (Wildman–Crippen LogP) is 2.23. The smallest absolute Gasteiger partial charge is 0.334 e. The Hall–Kier alpha value is -2.77. The first-order valence-corrected chi connectivity index (χ1v) is 8.40. The van der Waals surface area contributed by atoms with Crippen LogP contribution in [0.2, 0.25) is 0 Å². The Morgan fingerprint density at radius 2 is 1.84 bits per heavy atom. The zero-order chi connectivity index (χ0) is 18.0. The molecule has 0 amide bonds. The van der Waals surface area contributed by atoms with E-state index in [-0.39, 0.29) is 10.6 Å². The highest BCUT2D eigenvalue weighted by Crippen LogP contribution is 2.34. The molecule has 0 N–H and O–H groups in total. The molecule has 2 heterocycles. The van der Waals surface area contributed by atoms with Crippen LogP contribution in [0.25, 0.3) is 0 Å². The van der Waals surface area contributed by atoms with Gasteiger partial charge in [0, 0.05) is 33.2 Å². The van der Waals surface area contributed by atoms with E-state index in [0.29, 0.717) is 31.0 Å². The third-order valence-corrected chi connectivity index (χ3v) is 4.58. The van der Waals surface area contributed by atoms with Crippen molar-refractivity contribution in [2.75, 3.05) is 43.1 Å². The van der Waals surface area contributed by atoms with E-state index in [0.717, 1.165) is 24.5 Å². The molecule has 0 bridgehead atoms. The van der Waals surface area contributed by atoms with Crippen molar-refractivity contribution in [3.63, 3.8) is 0 Å². The number of nitrogens with zero attached hydrogens (tertiary/aromatic N) is 5. The Morgan fingerprint density at radius 1 is 1.20 bits per heavy atom. The van der Waals surface area contributed by atoms with Gasteiger partial charge in [0.15, 0.2) is 0 Å². The third-order valence-electron chi connectivity index (χ3n) is 4.58. The second-order valence-corrected chi connectivity index (χ2v) is 6.00. The highest BCUT2D eigenvalue weighted by Gasteiger charge is 2.31. The van der Waals surface area contributed by atoms with Gasteiger partial charge in [-0.1, -0.05) is 19.1 Å². The van der Waals surface area contributed by atoms with Crippen LogP contribution in [0.5, 0.6) is 5.75 Å². The summed E-state index contributed by atoms with van der Waals surface area (Å²) in [6.45, 7) is 4.82. The summed E-state index contributed by atoms with van der Waals surface area (Å²) in [5.74, 6) is 1.44. The minimum absolute atomic E-state index is 0.135. The molecule has 0 unspecified atom stereocenters. The maximum Gasteiger partial charge on any atom is 0.334 e. The average molecular weight is 345 g/mol. The Bertz CT molecular complexity index is 766. The first-order chi connectivity index (χ1) is 12.1. The number of ether oxygens (including phenoxy) is 1. The third kappa shape index (κ3) is 3.11. The largest absolute Gasteiger partial charge is 0.495 e. The van der Waals surface area contributed by atoms with Crippen LogP contribution in [-0.4, -0.2) is 48.0 Å². The minimum atomic E-state index is -0.312. The summed E-state index contributed by atoms with van der Waals surface area (Å²) in [5.41, 5.74) is 1.73. The number of rotatable bonds is 5. The van der Waals surface area contributed by atoms with Crippen molar-refractivity contribution in [3.8, 4) is 5.75 Å². The normalized spacial score (nSPS) is 14.7. The zero-order valence-corrected chi connectivity index (χ0v) is 14.8. The molecular weight excluding hydrogens is 322 g/mol. The van der Waals surface area contributed by atoms with Crippen molar-refractivity contribution in [2.45, 2.75) is 13.3 Å². The number of hydrogen-bond donors (Lipinski definition) is 0. The van der Waals surface area contributed by atoms with Gasteiger partial charge in [0.05, 0.1) is 17.7 Å². The number of para-hydroxylation sites is 2. The Balaban J connectivity index is 1.81. The lowest BCUT2D eigenvalue weighted by Gasteiger charge is -2.37. The average Bonchev–Trinajstić information content (AvgIpc) is 2.98. The van der Waals surface area contributed by atoms with Crippen LogP contribution in [0, 0.1) is 10.1 Å². The van der Waals surface area contributed by atoms with Crippen molar-refractivity contribution < 1.29 is 9.66 Å². The summed E-state index contributed by atoms with van der Waals surface area (Å²) >= 11 is 0. The van der Waals surface area contributed by atoms with Crippen LogP contribution in [0.15, 0.2) is 24.3 Å². The van der Waals surface area contributed by atoms with E-state index in [1.54, 1.807) is 18.8 Å². The fraction of sp³-hybridized carbons (Fsp3) is 0.471. The lowest BCUT2D eigenvalue weighted by atomic mass is 10.2. The van der Waals surface area contributed by atoms with Crippen molar-refractivity contribution in [1.29, 1.82) is 0 Å². The summed E-state index contributed by atoms with van der Waals surface area (Å²) in [7, 11) is 3.44. The molecule has 1 aliphatic rings. The first kappa shape index (κ1) is 17.1. The summed E-state index contributed by atoms with van der Waals surface area (Å²) in [4.78, 5) is 15.5. The van der Waals surface area contributed by atoms with Crippen LogP contribution in [0.1, 0.15) is 12.6 Å². The maximum atomic E-state index is 11.5. The molecule has 2 aromatic rings. The standard InChI is InChI=1S/C17H23N5O3/c1-4-13-16(22(23)24)17(19(2)18-13)21-11-9-20(10-12-21)14-7-5-6-8-15(14)25-3/h5-8H,4,9-12H2,1-3H3. The van der Waals surface area contributed by atoms with Gasteiger partial charge in [0.25, 0.3) is 0 Å². The van der Waals surface area contributed by atoms with Crippen LogP contribution in [0.3, 0.4) is 0 Å². The van der Waals surface area contributed by atoms with Crippen molar-refractivity contribution in [1.82, 2.24) is 9.78 Å². The van der Waals surface area contributed by atoms with E-state index in [4.69, 9.17) is 4.74 Å². The molecule has 0 spiro atoms. The Labute approximate surface area is 146 Å². The molecule has 0 aliphatic carbocycles. The molecule has 1 aliphatic heterocycles.